The number of carbonyl (C=O) groups excluding carboxylic acids is 2. The molecule has 2 aromatic rings. The van der Waals surface area contributed by atoms with Gasteiger partial charge in [0.2, 0.25) is 0 Å². The Morgan fingerprint density at radius 3 is 2.79 bits per heavy atom. The fraction of sp³-hybridized carbons (Fsp3) is 0.364. The van der Waals surface area contributed by atoms with Crippen molar-refractivity contribution >= 4 is 23.3 Å². The van der Waals surface area contributed by atoms with E-state index in [4.69, 9.17) is 20.8 Å². The molecule has 1 saturated carbocycles. The molecule has 1 amide bonds. The number of benzene rings is 1. The molecule has 1 fully saturated rings. The van der Waals surface area contributed by atoms with Crippen molar-refractivity contribution in [2.75, 3.05) is 0 Å². The SMILES string of the molecule is O=C1C2=C(OC3CCC(Cl)CC13)C(=O)N(Cc1ccco1)C2c1cccc(F)c1. The standard InChI is InChI=1S/C22H19ClFNO4/c23-13-6-7-17-16(10-13)20(26)18-19(12-3-1-4-14(24)9-12)25(22(27)21(18)29-17)11-15-5-2-8-28-15/h1-5,8-9,13,16-17,19H,6-7,10-11H2. The van der Waals surface area contributed by atoms with Gasteiger partial charge in [0.15, 0.2) is 11.5 Å². The Morgan fingerprint density at radius 1 is 1.17 bits per heavy atom. The summed E-state index contributed by atoms with van der Waals surface area (Å²) >= 11 is 6.31. The molecule has 4 atom stereocenters. The Kier molecular flexibility index (Phi) is 4.46. The Balaban J connectivity index is 1.59. The molecule has 0 bridgehead atoms. The van der Waals surface area contributed by atoms with Crippen LogP contribution < -0.4 is 0 Å². The van der Waals surface area contributed by atoms with Crippen molar-refractivity contribution in [3.63, 3.8) is 0 Å². The zero-order valence-electron chi connectivity index (χ0n) is 15.5. The van der Waals surface area contributed by atoms with Crippen molar-refractivity contribution < 1.29 is 23.1 Å². The Morgan fingerprint density at radius 2 is 2.03 bits per heavy atom. The van der Waals surface area contributed by atoms with Gasteiger partial charge < -0.3 is 14.1 Å². The third kappa shape index (κ3) is 3.06. The van der Waals surface area contributed by atoms with Crippen LogP contribution in [-0.2, 0) is 20.9 Å². The molecule has 3 heterocycles. The first-order valence-electron chi connectivity index (χ1n) is 9.71. The molecule has 5 rings (SSSR count). The summed E-state index contributed by atoms with van der Waals surface area (Å²) in [5, 5.41) is -0.0881. The van der Waals surface area contributed by atoms with Gasteiger partial charge in [0.1, 0.15) is 17.7 Å². The van der Waals surface area contributed by atoms with Gasteiger partial charge in [-0.2, -0.15) is 0 Å². The summed E-state index contributed by atoms with van der Waals surface area (Å²) in [6.45, 7) is 0.157. The van der Waals surface area contributed by atoms with Crippen LogP contribution in [0.25, 0.3) is 0 Å². The molecular weight excluding hydrogens is 397 g/mol. The summed E-state index contributed by atoms with van der Waals surface area (Å²) in [4.78, 5) is 28.2. The number of nitrogens with zero attached hydrogens (tertiary/aromatic N) is 1. The second kappa shape index (κ2) is 7.02. The molecule has 0 N–H and O–H groups in total. The van der Waals surface area contributed by atoms with Gasteiger partial charge in [0, 0.05) is 5.38 Å². The Bertz CT molecular complexity index is 1000. The second-order valence-electron chi connectivity index (χ2n) is 7.75. The number of amides is 1. The maximum atomic E-state index is 14.0. The van der Waals surface area contributed by atoms with Gasteiger partial charge in [0.05, 0.1) is 30.3 Å². The highest BCUT2D eigenvalue weighted by Gasteiger charge is 2.52. The second-order valence-corrected chi connectivity index (χ2v) is 8.37. The van der Waals surface area contributed by atoms with Crippen molar-refractivity contribution in [3.05, 3.63) is 71.1 Å². The van der Waals surface area contributed by atoms with Gasteiger partial charge in [0.25, 0.3) is 5.91 Å². The summed E-state index contributed by atoms with van der Waals surface area (Å²) in [7, 11) is 0. The number of hydrogen-bond acceptors (Lipinski definition) is 4. The van der Waals surface area contributed by atoms with Crippen molar-refractivity contribution in [1.29, 1.82) is 0 Å². The third-order valence-electron chi connectivity index (χ3n) is 5.95. The molecule has 3 aliphatic rings. The van der Waals surface area contributed by atoms with Gasteiger partial charge in [-0.05, 0) is 49.1 Å². The number of fused-ring (bicyclic) bond motifs is 1. The average Bonchev–Trinajstić information content (AvgIpc) is 3.31. The normalized spacial score (nSPS) is 29.0. The number of Topliss-reactive ketones (excluding diaryl/α,β-unsaturated/α-hetero) is 1. The van der Waals surface area contributed by atoms with E-state index in [0.29, 0.717) is 29.7 Å². The van der Waals surface area contributed by atoms with Gasteiger partial charge in [-0.15, -0.1) is 11.6 Å². The number of rotatable bonds is 3. The van der Waals surface area contributed by atoms with E-state index in [1.165, 1.54) is 23.3 Å². The van der Waals surface area contributed by atoms with E-state index in [9.17, 15) is 14.0 Å². The van der Waals surface area contributed by atoms with Crippen molar-refractivity contribution in [2.24, 2.45) is 5.92 Å². The predicted octanol–water partition coefficient (Wildman–Crippen LogP) is 4.13. The number of ether oxygens (including phenoxy) is 1. The van der Waals surface area contributed by atoms with E-state index in [0.717, 1.165) is 6.42 Å². The van der Waals surface area contributed by atoms with E-state index in [1.54, 1.807) is 24.3 Å². The monoisotopic (exact) mass is 415 g/mol. The lowest BCUT2D eigenvalue weighted by Crippen LogP contribution is -2.41. The zero-order valence-corrected chi connectivity index (χ0v) is 16.3. The van der Waals surface area contributed by atoms with E-state index in [1.807, 2.05) is 0 Å². The fourth-order valence-electron chi connectivity index (χ4n) is 4.62. The molecule has 0 spiro atoms. The minimum absolute atomic E-state index is 0.0880. The largest absolute Gasteiger partial charge is 0.483 e. The van der Waals surface area contributed by atoms with Crippen LogP contribution in [0.5, 0.6) is 0 Å². The molecule has 7 heteroatoms. The van der Waals surface area contributed by atoms with E-state index < -0.39 is 11.9 Å². The lowest BCUT2D eigenvalue weighted by atomic mass is 9.77. The molecule has 5 nitrogen and oxygen atoms in total. The molecule has 0 radical (unpaired) electrons. The van der Waals surface area contributed by atoms with Crippen LogP contribution in [0.15, 0.2) is 58.4 Å². The summed E-state index contributed by atoms with van der Waals surface area (Å²) in [5.41, 5.74) is 0.836. The van der Waals surface area contributed by atoms with Crippen molar-refractivity contribution in [1.82, 2.24) is 4.90 Å². The lowest BCUT2D eigenvalue weighted by Gasteiger charge is -2.37. The fourth-order valence-corrected chi connectivity index (χ4v) is 4.94. The first kappa shape index (κ1) is 18.4. The van der Waals surface area contributed by atoms with Crippen LogP contribution in [-0.4, -0.2) is 28.1 Å². The minimum atomic E-state index is -0.720. The van der Waals surface area contributed by atoms with Crippen LogP contribution in [0.1, 0.15) is 36.6 Å². The quantitative estimate of drug-likeness (QED) is 0.707. The minimum Gasteiger partial charge on any atom is -0.483 e. The lowest BCUT2D eigenvalue weighted by molar-refractivity contribution is -0.135. The first-order valence-corrected chi connectivity index (χ1v) is 10.1. The highest BCUT2D eigenvalue weighted by Crippen LogP contribution is 2.47. The maximum Gasteiger partial charge on any atom is 0.290 e. The zero-order chi connectivity index (χ0) is 20.1. The molecule has 29 heavy (non-hydrogen) atoms. The molecule has 150 valence electrons. The van der Waals surface area contributed by atoms with Crippen LogP contribution in [0, 0.1) is 11.7 Å². The first-order chi connectivity index (χ1) is 14.0. The van der Waals surface area contributed by atoms with Crippen LogP contribution in [0.4, 0.5) is 4.39 Å². The van der Waals surface area contributed by atoms with Crippen LogP contribution in [0.3, 0.4) is 0 Å². The van der Waals surface area contributed by atoms with E-state index in [-0.39, 0.29) is 41.4 Å². The molecular formula is C22H19ClFNO4. The molecule has 2 aliphatic heterocycles. The maximum absolute atomic E-state index is 14.0. The summed E-state index contributed by atoms with van der Waals surface area (Å²) in [6.07, 6.45) is 3.09. The highest BCUT2D eigenvalue weighted by atomic mass is 35.5. The van der Waals surface area contributed by atoms with Crippen LogP contribution >= 0.6 is 11.6 Å². The van der Waals surface area contributed by atoms with Gasteiger partial charge in [-0.1, -0.05) is 12.1 Å². The summed E-state index contributed by atoms with van der Waals surface area (Å²) in [6, 6.07) is 8.75. The topological polar surface area (TPSA) is 59.8 Å². The number of ketones is 1. The van der Waals surface area contributed by atoms with Gasteiger partial charge >= 0.3 is 0 Å². The van der Waals surface area contributed by atoms with Crippen molar-refractivity contribution in [3.8, 4) is 0 Å². The molecule has 1 aromatic heterocycles. The number of alkyl halides is 1. The smallest absolute Gasteiger partial charge is 0.290 e. The summed E-state index contributed by atoms with van der Waals surface area (Å²) in [5.74, 6) is -0.632. The third-order valence-corrected chi connectivity index (χ3v) is 6.35. The Hall–Kier alpha value is -2.60. The Labute approximate surface area is 172 Å². The van der Waals surface area contributed by atoms with Crippen LogP contribution in [0.2, 0.25) is 0 Å². The number of furan rings is 1. The molecule has 1 aliphatic carbocycles. The number of hydrogen-bond donors (Lipinski definition) is 0. The molecule has 0 saturated heterocycles. The number of carbonyl (C=O) groups is 2. The molecule has 4 unspecified atom stereocenters. The average molecular weight is 416 g/mol. The summed E-state index contributed by atoms with van der Waals surface area (Å²) < 4.78 is 25.5. The van der Waals surface area contributed by atoms with E-state index in [2.05, 4.69) is 0 Å². The van der Waals surface area contributed by atoms with E-state index >= 15 is 0 Å². The predicted molar refractivity (Wildman–Crippen MR) is 102 cm³/mol. The molecule has 1 aromatic carbocycles. The van der Waals surface area contributed by atoms with Crippen molar-refractivity contribution in [2.45, 2.75) is 43.3 Å². The number of halogens is 2. The highest BCUT2D eigenvalue weighted by molar-refractivity contribution is 6.21. The van der Waals surface area contributed by atoms with Gasteiger partial charge in [-0.3, -0.25) is 9.59 Å². The van der Waals surface area contributed by atoms with Gasteiger partial charge in [-0.25, -0.2) is 4.39 Å².